The first-order valence-corrected chi connectivity index (χ1v) is 4.83. The summed E-state index contributed by atoms with van der Waals surface area (Å²) in [5, 5.41) is 0. The second-order valence-electron chi connectivity index (χ2n) is 4.13. The van der Waals surface area contributed by atoms with Crippen molar-refractivity contribution in [2.24, 2.45) is 0 Å². The Kier molecular flexibility index (Phi) is 2.06. The molecule has 1 fully saturated rings. The van der Waals surface area contributed by atoms with Gasteiger partial charge in [0.25, 0.3) is 0 Å². The van der Waals surface area contributed by atoms with Gasteiger partial charge in [-0.15, -0.1) is 0 Å². The van der Waals surface area contributed by atoms with Gasteiger partial charge in [-0.3, -0.25) is 4.79 Å². The Morgan fingerprint density at radius 1 is 1.43 bits per heavy atom. The second-order valence-corrected chi connectivity index (χ2v) is 4.13. The molecule has 2 nitrogen and oxygen atoms in total. The molecule has 0 saturated heterocycles. The van der Waals surface area contributed by atoms with E-state index < -0.39 is 0 Å². The van der Waals surface area contributed by atoms with Crippen molar-refractivity contribution in [1.29, 1.82) is 0 Å². The Morgan fingerprint density at radius 3 is 2.64 bits per heavy atom. The lowest BCUT2D eigenvalue weighted by Crippen LogP contribution is -2.04. The van der Waals surface area contributed by atoms with E-state index in [4.69, 9.17) is 4.74 Å². The zero-order valence-electron chi connectivity index (χ0n) is 8.54. The molecule has 1 aliphatic carbocycles. The van der Waals surface area contributed by atoms with Crippen LogP contribution in [0.15, 0.2) is 18.2 Å². The maximum absolute atomic E-state index is 10.9. The van der Waals surface area contributed by atoms with E-state index in [0.29, 0.717) is 0 Å². The first-order chi connectivity index (χ1) is 6.69. The summed E-state index contributed by atoms with van der Waals surface area (Å²) in [4.78, 5) is 10.9. The molecule has 0 radical (unpaired) electrons. The molecule has 0 unspecified atom stereocenters. The predicted molar refractivity (Wildman–Crippen MR) is 55.0 cm³/mol. The fourth-order valence-corrected chi connectivity index (χ4v) is 1.74. The van der Waals surface area contributed by atoms with E-state index in [1.54, 1.807) is 7.11 Å². The Labute approximate surface area is 83.9 Å². The summed E-state index contributed by atoms with van der Waals surface area (Å²) in [7, 11) is 1.65. The molecule has 1 saturated carbocycles. The van der Waals surface area contributed by atoms with Gasteiger partial charge in [-0.2, -0.15) is 0 Å². The molecule has 0 spiro atoms. The summed E-state index contributed by atoms with van der Waals surface area (Å²) in [6.07, 6.45) is 3.26. The van der Waals surface area contributed by atoms with Gasteiger partial charge in [0.05, 0.1) is 7.11 Å². The average molecular weight is 190 g/mol. The fourth-order valence-electron chi connectivity index (χ4n) is 1.74. The summed E-state index contributed by atoms with van der Waals surface area (Å²) < 4.78 is 5.16. The minimum atomic E-state index is 0.213. The topological polar surface area (TPSA) is 26.3 Å². The minimum absolute atomic E-state index is 0.213. The van der Waals surface area contributed by atoms with E-state index in [1.807, 2.05) is 18.2 Å². The molecule has 0 aromatic heterocycles. The Morgan fingerprint density at radius 2 is 2.14 bits per heavy atom. The van der Waals surface area contributed by atoms with Gasteiger partial charge in [0.15, 0.2) is 0 Å². The van der Waals surface area contributed by atoms with E-state index in [2.05, 4.69) is 6.92 Å². The van der Waals surface area contributed by atoms with Crippen LogP contribution in [0.1, 0.15) is 35.7 Å². The lowest BCUT2D eigenvalue weighted by atomic mass is 9.93. The SMILES string of the molecule is COc1ccc(C=O)c(C2(C)CC2)c1. The van der Waals surface area contributed by atoms with Crippen molar-refractivity contribution in [3.05, 3.63) is 29.3 Å². The van der Waals surface area contributed by atoms with Crippen molar-refractivity contribution < 1.29 is 9.53 Å². The van der Waals surface area contributed by atoms with Crippen LogP contribution < -0.4 is 4.74 Å². The van der Waals surface area contributed by atoms with Gasteiger partial charge in [0.1, 0.15) is 12.0 Å². The van der Waals surface area contributed by atoms with Gasteiger partial charge < -0.3 is 4.74 Å². The molecule has 1 aromatic rings. The number of aldehydes is 1. The van der Waals surface area contributed by atoms with Gasteiger partial charge in [0, 0.05) is 5.56 Å². The van der Waals surface area contributed by atoms with Gasteiger partial charge in [0.2, 0.25) is 0 Å². The van der Waals surface area contributed by atoms with Crippen LogP contribution in [-0.4, -0.2) is 13.4 Å². The van der Waals surface area contributed by atoms with Gasteiger partial charge in [-0.1, -0.05) is 6.92 Å². The number of carbonyl (C=O) groups excluding carboxylic acids is 1. The molecule has 1 aliphatic rings. The highest BCUT2D eigenvalue weighted by Gasteiger charge is 2.40. The Hall–Kier alpha value is -1.31. The third-order valence-electron chi connectivity index (χ3n) is 3.04. The van der Waals surface area contributed by atoms with Crippen molar-refractivity contribution in [3.8, 4) is 5.75 Å². The molecule has 0 bridgehead atoms. The van der Waals surface area contributed by atoms with Crippen LogP contribution in [-0.2, 0) is 5.41 Å². The predicted octanol–water partition coefficient (Wildman–Crippen LogP) is 2.56. The first-order valence-electron chi connectivity index (χ1n) is 4.83. The fraction of sp³-hybridized carbons (Fsp3) is 0.417. The van der Waals surface area contributed by atoms with Crippen molar-refractivity contribution >= 4 is 6.29 Å². The number of rotatable bonds is 3. The summed E-state index contributed by atoms with van der Waals surface area (Å²) >= 11 is 0. The highest BCUT2D eigenvalue weighted by molar-refractivity contribution is 5.79. The number of hydrogen-bond acceptors (Lipinski definition) is 2. The maximum atomic E-state index is 10.9. The number of benzene rings is 1. The van der Waals surface area contributed by atoms with Crippen LogP contribution in [0.4, 0.5) is 0 Å². The molecular weight excluding hydrogens is 176 g/mol. The van der Waals surface area contributed by atoms with E-state index in [1.165, 1.54) is 12.8 Å². The van der Waals surface area contributed by atoms with Gasteiger partial charge in [-0.25, -0.2) is 0 Å². The quantitative estimate of drug-likeness (QED) is 0.685. The standard InChI is InChI=1S/C12H14O2/c1-12(5-6-12)11-7-10(14-2)4-3-9(11)8-13/h3-4,7-8H,5-6H2,1-2H3. The smallest absolute Gasteiger partial charge is 0.150 e. The lowest BCUT2D eigenvalue weighted by Gasteiger charge is -2.13. The van der Waals surface area contributed by atoms with Crippen molar-refractivity contribution in [2.75, 3.05) is 7.11 Å². The number of methoxy groups -OCH3 is 1. The number of ether oxygens (including phenoxy) is 1. The minimum Gasteiger partial charge on any atom is -0.497 e. The summed E-state index contributed by atoms with van der Waals surface area (Å²) in [6.45, 7) is 2.19. The van der Waals surface area contributed by atoms with Crippen LogP contribution in [0.2, 0.25) is 0 Å². The van der Waals surface area contributed by atoms with Crippen LogP contribution in [0, 0.1) is 0 Å². The molecule has 14 heavy (non-hydrogen) atoms. The van der Waals surface area contributed by atoms with Crippen LogP contribution in [0.5, 0.6) is 5.75 Å². The monoisotopic (exact) mass is 190 g/mol. The Balaban J connectivity index is 2.48. The molecule has 0 heterocycles. The maximum Gasteiger partial charge on any atom is 0.150 e. The molecule has 0 atom stereocenters. The molecule has 74 valence electrons. The summed E-state index contributed by atoms with van der Waals surface area (Å²) in [5.74, 6) is 0.832. The molecule has 0 aliphatic heterocycles. The Bertz CT molecular complexity index is 365. The molecule has 2 heteroatoms. The average Bonchev–Trinajstić information content (AvgIpc) is 2.97. The van der Waals surface area contributed by atoms with Crippen molar-refractivity contribution in [1.82, 2.24) is 0 Å². The van der Waals surface area contributed by atoms with Crippen molar-refractivity contribution in [2.45, 2.75) is 25.2 Å². The lowest BCUT2D eigenvalue weighted by molar-refractivity contribution is 0.112. The van der Waals surface area contributed by atoms with Gasteiger partial charge in [-0.05, 0) is 42.0 Å². The largest absolute Gasteiger partial charge is 0.497 e. The highest BCUT2D eigenvalue weighted by atomic mass is 16.5. The molecule has 0 N–H and O–H groups in total. The van der Waals surface area contributed by atoms with Crippen LogP contribution in [0.25, 0.3) is 0 Å². The second kappa shape index (κ2) is 3.12. The molecule has 2 rings (SSSR count). The molecule has 0 amide bonds. The zero-order chi connectivity index (χ0) is 10.2. The van der Waals surface area contributed by atoms with E-state index in [9.17, 15) is 4.79 Å². The zero-order valence-corrected chi connectivity index (χ0v) is 8.54. The molecular formula is C12H14O2. The number of hydrogen-bond donors (Lipinski definition) is 0. The first kappa shape index (κ1) is 9.25. The van der Waals surface area contributed by atoms with Crippen LogP contribution in [0.3, 0.4) is 0 Å². The van der Waals surface area contributed by atoms with Gasteiger partial charge >= 0.3 is 0 Å². The normalized spacial score (nSPS) is 17.6. The van der Waals surface area contributed by atoms with E-state index in [-0.39, 0.29) is 5.41 Å². The highest BCUT2D eigenvalue weighted by Crippen LogP contribution is 2.49. The van der Waals surface area contributed by atoms with Crippen molar-refractivity contribution in [3.63, 3.8) is 0 Å². The summed E-state index contributed by atoms with van der Waals surface area (Å²) in [6, 6.07) is 5.65. The van der Waals surface area contributed by atoms with Crippen LogP contribution >= 0.6 is 0 Å². The number of carbonyl (C=O) groups is 1. The third kappa shape index (κ3) is 1.41. The summed E-state index contributed by atoms with van der Waals surface area (Å²) in [5.41, 5.74) is 2.14. The molecule has 1 aromatic carbocycles. The third-order valence-corrected chi connectivity index (χ3v) is 3.04. The van der Waals surface area contributed by atoms with E-state index in [0.717, 1.165) is 23.2 Å². The van der Waals surface area contributed by atoms with E-state index >= 15 is 0 Å².